The molecule has 5 heteroatoms. The molecule has 0 saturated carbocycles. The molecule has 1 aliphatic heterocycles. The fourth-order valence-corrected chi connectivity index (χ4v) is 3.35. The van der Waals surface area contributed by atoms with Crippen LogP contribution in [0.4, 0.5) is 0 Å². The molecule has 1 amide bonds. The van der Waals surface area contributed by atoms with Crippen molar-refractivity contribution in [3.05, 3.63) is 65.5 Å². The van der Waals surface area contributed by atoms with E-state index < -0.39 is 0 Å². The monoisotopic (exact) mass is 365 g/mol. The van der Waals surface area contributed by atoms with E-state index in [4.69, 9.17) is 0 Å². The molecule has 0 spiro atoms. The average Bonchev–Trinajstić information content (AvgIpc) is 2.73. The van der Waals surface area contributed by atoms with Crippen molar-refractivity contribution in [2.75, 3.05) is 26.2 Å². The molecule has 1 fully saturated rings. The Balaban J connectivity index is 1.42. The molecule has 0 N–H and O–H groups in total. The van der Waals surface area contributed by atoms with Crippen LogP contribution in [0, 0.1) is 0 Å². The number of amides is 1. The van der Waals surface area contributed by atoms with Crippen LogP contribution >= 0.6 is 0 Å². The highest BCUT2D eigenvalue weighted by atomic mass is 16.2. The lowest BCUT2D eigenvalue weighted by molar-refractivity contribution is -0.132. The maximum Gasteiger partial charge on any atom is 0.223 e. The lowest BCUT2D eigenvalue weighted by Crippen LogP contribution is -2.48. The first-order valence-corrected chi connectivity index (χ1v) is 9.67. The summed E-state index contributed by atoms with van der Waals surface area (Å²) in [5, 5.41) is 0. The van der Waals surface area contributed by atoms with Crippen LogP contribution in [-0.2, 0) is 17.8 Å². The molecular formula is C22H27N3O2. The van der Waals surface area contributed by atoms with Crippen molar-refractivity contribution < 1.29 is 9.59 Å². The molecule has 2 heterocycles. The van der Waals surface area contributed by atoms with Gasteiger partial charge in [0.2, 0.25) is 5.91 Å². The van der Waals surface area contributed by atoms with Crippen molar-refractivity contribution in [2.45, 2.75) is 32.7 Å². The van der Waals surface area contributed by atoms with Crippen molar-refractivity contribution in [2.24, 2.45) is 0 Å². The average molecular weight is 365 g/mol. The van der Waals surface area contributed by atoms with Crippen LogP contribution < -0.4 is 0 Å². The maximum absolute atomic E-state index is 12.4. The Labute approximate surface area is 161 Å². The normalized spacial score (nSPS) is 14.9. The van der Waals surface area contributed by atoms with Gasteiger partial charge in [-0.3, -0.25) is 19.5 Å². The van der Waals surface area contributed by atoms with E-state index in [1.54, 1.807) is 6.20 Å². The van der Waals surface area contributed by atoms with Crippen molar-refractivity contribution in [3.63, 3.8) is 0 Å². The first-order valence-electron chi connectivity index (χ1n) is 9.67. The smallest absolute Gasteiger partial charge is 0.223 e. The van der Waals surface area contributed by atoms with Crippen molar-refractivity contribution in [1.82, 2.24) is 14.8 Å². The van der Waals surface area contributed by atoms with E-state index in [1.807, 2.05) is 41.4 Å². The zero-order valence-electron chi connectivity index (χ0n) is 15.9. The molecule has 1 saturated heterocycles. The highest BCUT2D eigenvalue weighted by molar-refractivity contribution is 5.98. The Morgan fingerprint density at radius 3 is 2.33 bits per heavy atom. The SMILES string of the molecule is CCc1ccc(C(=O)CCC(=O)N2CCN(Cc3cccnc3)CC2)cc1. The summed E-state index contributed by atoms with van der Waals surface area (Å²) in [6.07, 6.45) is 5.19. The summed E-state index contributed by atoms with van der Waals surface area (Å²) in [6, 6.07) is 11.7. The second kappa shape index (κ2) is 9.42. The zero-order chi connectivity index (χ0) is 19.1. The zero-order valence-corrected chi connectivity index (χ0v) is 15.9. The molecule has 1 aliphatic rings. The Kier molecular flexibility index (Phi) is 6.71. The van der Waals surface area contributed by atoms with Crippen molar-refractivity contribution >= 4 is 11.7 Å². The van der Waals surface area contributed by atoms with Crippen molar-refractivity contribution in [1.29, 1.82) is 0 Å². The van der Waals surface area contributed by atoms with E-state index >= 15 is 0 Å². The number of hydrogen-bond donors (Lipinski definition) is 0. The van der Waals surface area contributed by atoms with Crippen LogP contribution in [0.1, 0.15) is 41.3 Å². The first kappa shape index (κ1) is 19.2. The molecule has 1 aromatic carbocycles. The van der Waals surface area contributed by atoms with Crippen LogP contribution in [0.3, 0.4) is 0 Å². The Bertz CT molecular complexity index is 751. The summed E-state index contributed by atoms with van der Waals surface area (Å²) in [5.41, 5.74) is 3.10. The summed E-state index contributed by atoms with van der Waals surface area (Å²) >= 11 is 0. The summed E-state index contributed by atoms with van der Waals surface area (Å²) in [7, 11) is 0. The number of pyridine rings is 1. The molecule has 0 atom stereocenters. The first-order chi connectivity index (χ1) is 13.2. The van der Waals surface area contributed by atoms with Crippen LogP contribution in [0.5, 0.6) is 0 Å². The van der Waals surface area contributed by atoms with Gasteiger partial charge in [0.25, 0.3) is 0 Å². The molecule has 0 bridgehead atoms. The quantitative estimate of drug-likeness (QED) is 0.708. The largest absolute Gasteiger partial charge is 0.340 e. The predicted octanol–water partition coefficient (Wildman–Crippen LogP) is 2.95. The number of carbonyl (C=O) groups excluding carboxylic acids is 2. The van der Waals surface area contributed by atoms with Gasteiger partial charge in [-0.2, -0.15) is 0 Å². The van der Waals surface area contributed by atoms with E-state index in [-0.39, 0.29) is 24.5 Å². The Morgan fingerprint density at radius 2 is 1.70 bits per heavy atom. The lowest BCUT2D eigenvalue weighted by atomic mass is 10.0. The Morgan fingerprint density at radius 1 is 0.963 bits per heavy atom. The van der Waals surface area contributed by atoms with Gasteiger partial charge in [-0.05, 0) is 23.6 Å². The molecule has 3 rings (SSSR count). The standard InChI is InChI=1S/C22H27N3O2/c1-2-18-5-7-20(8-6-18)21(26)9-10-22(27)25-14-12-24(13-15-25)17-19-4-3-11-23-16-19/h3-8,11,16H,2,9-10,12-15,17H2,1H3. The van der Waals surface area contributed by atoms with Gasteiger partial charge in [-0.25, -0.2) is 0 Å². The van der Waals surface area contributed by atoms with Gasteiger partial charge in [-0.1, -0.05) is 37.3 Å². The van der Waals surface area contributed by atoms with E-state index in [0.717, 1.165) is 39.1 Å². The third-order valence-electron chi connectivity index (χ3n) is 5.10. The highest BCUT2D eigenvalue weighted by Crippen LogP contribution is 2.12. The number of nitrogens with zero attached hydrogens (tertiary/aromatic N) is 3. The minimum atomic E-state index is 0.0428. The fraction of sp³-hybridized carbons (Fsp3) is 0.409. The molecule has 27 heavy (non-hydrogen) atoms. The molecule has 142 valence electrons. The fourth-order valence-electron chi connectivity index (χ4n) is 3.35. The second-order valence-corrected chi connectivity index (χ2v) is 6.99. The second-order valence-electron chi connectivity index (χ2n) is 6.99. The summed E-state index contributed by atoms with van der Waals surface area (Å²) in [5.74, 6) is 0.121. The number of aromatic nitrogens is 1. The molecule has 0 aliphatic carbocycles. The summed E-state index contributed by atoms with van der Waals surface area (Å²) in [6.45, 7) is 6.10. The van der Waals surface area contributed by atoms with E-state index in [0.29, 0.717) is 5.56 Å². The van der Waals surface area contributed by atoms with Gasteiger partial charge in [0.05, 0.1) is 0 Å². The van der Waals surface area contributed by atoms with E-state index in [2.05, 4.69) is 22.9 Å². The number of carbonyl (C=O) groups is 2. The van der Waals surface area contributed by atoms with Gasteiger partial charge in [0, 0.05) is 63.5 Å². The van der Waals surface area contributed by atoms with Crippen LogP contribution in [0.25, 0.3) is 0 Å². The van der Waals surface area contributed by atoms with Crippen LogP contribution in [0.15, 0.2) is 48.8 Å². The van der Waals surface area contributed by atoms with Gasteiger partial charge in [0.1, 0.15) is 0 Å². The summed E-state index contributed by atoms with van der Waals surface area (Å²) < 4.78 is 0. The topological polar surface area (TPSA) is 53.5 Å². The molecular weight excluding hydrogens is 338 g/mol. The van der Waals surface area contributed by atoms with Gasteiger partial charge >= 0.3 is 0 Å². The molecule has 2 aromatic rings. The predicted molar refractivity (Wildman–Crippen MR) is 105 cm³/mol. The number of hydrogen-bond acceptors (Lipinski definition) is 4. The third kappa shape index (κ3) is 5.47. The highest BCUT2D eigenvalue weighted by Gasteiger charge is 2.21. The number of rotatable bonds is 7. The number of piperazine rings is 1. The molecule has 0 unspecified atom stereocenters. The molecule has 1 aromatic heterocycles. The number of aryl methyl sites for hydroxylation is 1. The number of benzene rings is 1. The van der Waals surface area contributed by atoms with E-state index in [9.17, 15) is 9.59 Å². The van der Waals surface area contributed by atoms with Gasteiger partial charge < -0.3 is 4.90 Å². The Hall–Kier alpha value is -2.53. The number of ketones is 1. The number of Topliss-reactive ketones (excluding diaryl/α,β-unsaturated/α-hetero) is 1. The van der Waals surface area contributed by atoms with Gasteiger partial charge in [0.15, 0.2) is 5.78 Å². The van der Waals surface area contributed by atoms with Gasteiger partial charge in [-0.15, -0.1) is 0 Å². The van der Waals surface area contributed by atoms with E-state index in [1.165, 1.54) is 11.1 Å². The molecule has 5 nitrogen and oxygen atoms in total. The lowest BCUT2D eigenvalue weighted by Gasteiger charge is -2.34. The summed E-state index contributed by atoms with van der Waals surface area (Å²) in [4.78, 5) is 33.1. The molecule has 0 radical (unpaired) electrons. The third-order valence-corrected chi connectivity index (χ3v) is 5.10. The van der Waals surface area contributed by atoms with Crippen LogP contribution in [-0.4, -0.2) is 52.7 Å². The minimum Gasteiger partial charge on any atom is -0.340 e. The maximum atomic E-state index is 12.4. The minimum absolute atomic E-state index is 0.0428. The van der Waals surface area contributed by atoms with Crippen molar-refractivity contribution in [3.8, 4) is 0 Å². The van der Waals surface area contributed by atoms with Crippen LogP contribution in [0.2, 0.25) is 0 Å².